The van der Waals surface area contributed by atoms with E-state index >= 15 is 0 Å². The van der Waals surface area contributed by atoms with Gasteiger partial charge in [0.05, 0.1) is 6.61 Å². The molecule has 0 radical (unpaired) electrons. The molecule has 1 heterocycles. The Morgan fingerprint density at radius 1 is 1.61 bits per heavy atom. The van der Waals surface area contributed by atoms with Crippen LogP contribution in [0.5, 0.6) is 0 Å². The van der Waals surface area contributed by atoms with Crippen LogP contribution in [0.25, 0.3) is 0 Å². The summed E-state index contributed by atoms with van der Waals surface area (Å²) < 4.78 is 0. The van der Waals surface area contributed by atoms with Gasteiger partial charge in [0.1, 0.15) is 0 Å². The Morgan fingerprint density at radius 2 is 2.39 bits per heavy atom. The topological polar surface area (TPSA) is 61.4 Å². The first kappa shape index (κ1) is 13.4. The highest BCUT2D eigenvalue weighted by molar-refractivity contribution is 7.09. The van der Waals surface area contributed by atoms with Crippen LogP contribution in [0.15, 0.2) is 17.5 Å². The minimum Gasteiger partial charge on any atom is -0.396 e. The standard InChI is InChI=1S/C13H20N2O2S/c1-10(7-11-3-2-6-18-11)15-12(17)14-8-13(9-16)4-5-13/h2-3,6,10,16H,4-5,7-9H2,1H3,(H2,14,15,17). The van der Waals surface area contributed by atoms with Crippen LogP contribution in [0, 0.1) is 5.41 Å². The van der Waals surface area contributed by atoms with Crippen molar-refractivity contribution in [3.05, 3.63) is 22.4 Å². The van der Waals surface area contributed by atoms with Gasteiger partial charge in [0.2, 0.25) is 0 Å². The van der Waals surface area contributed by atoms with Gasteiger partial charge in [-0.3, -0.25) is 0 Å². The number of rotatable bonds is 6. The summed E-state index contributed by atoms with van der Waals surface area (Å²) >= 11 is 1.70. The second-order valence-corrected chi connectivity index (χ2v) is 6.20. The third-order valence-corrected chi connectivity index (χ3v) is 4.28. The molecular formula is C13H20N2O2S. The first-order valence-electron chi connectivity index (χ1n) is 6.31. The molecule has 0 aliphatic heterocycles. The van der Waals surface area contributed by atoms with E-state index in [0.29, 0.717) is 6.54 Å². The Kier molecular flexibility index (Phi) is 4.24. The van der Waals surface area contributed by atoms with Crippen LogP contribution >= 0.6 is 11.3 Å². The highest BCUT2D eigenvalue weighted by atomic mass is 32.1. The van der Waals surface area contributed by atoms with E-state index < -0.39 is 0 Å². The lowest BCUT2D eigenvalue weighted by atomic mass is 10.1. The molecule has 3 N–H and O–H groups in total. The number of carbonyl (C=O) groups excluding carboxylic acids is 1. The summed E-state index contributed by atoms with van der Waals surface area (Å²) in [6, 6.07) is 4.07. The molecule has 4 nitrogen and oxygen atoms in total. The van der Waals surface area contributed by atoms with E-state index in [0.717, 1.165) is 19.3 Å². The molecule has 1 aromatic rings. The number of thiophene rings is 1. The van der Waals surface area contributed by atoms with Gasteiger partial charge in [-0.15, -0.1) is 11.3 Å². The molecule has 18 heavy (non-hydrogen) atoms. The zero-order valence-electron chi connectivity index (χ0n) is 10.6. The van der Waals surface area contributed by atoms with Crippen molar-refractivity contribution in [2.45, 2.75) is 32.2 Å². The van der Waals surface area contributed by atoms with Crippen molar-refractivity contribution >= 4 is 17.4 Å². The summed E-state index contributed by atoms with van der Waals surface area (Å²) in [6.45, 7) is 2.73. The lowest BCUT2D eigenvalue weighted by Crippen LogP contribution is -2.44. The lowest BCUT2D eigenvalue weighted by molar-refractivity contribution is 0.202. The van der Waals surface area contributed by atoms with Crippen LogP contribution in [-0.2, 0) is 6.42 Å². The van der Waals surface area contributed by atoms with E-state index in [-0.39, 0.29) is 24.1 Å². The van der Waals surface area contributed by atoms with Gasteiger partial charge < -0.3 is 15.7 Å². The number of urea groups is 1. The molecular weight excluding hydrogens is 248 g/mol. The highest BCUT2D eigenvalue weighted by Crippen LogP contribution is 2.44. The molecule has 1 aliphatic carbocycles. The van der Waals surface area contributed by atoms with E-state index in [1.54, 1.807) is 11.3 Å². The van der Waals surface area contributed by atoms with Crippen molar-refractivity contribution in [3.63, 3.8) is 0 Å². The second kappa shape index (κ2) is 5.71. The van der Waals surface area contributed by atoms with Gasteiger partial charge >= 0.3 is 6.03 Å². The second-order valence-electron chi connectivity index (χ2n) is 5.17. The molecule has 2 amide bonds. The van der Waals surface area contributed by atoms with Crippen molar-refractivity contribution in [3.8, 4) is 0 Å². The van der Waals surface area contributed by atoms with Crippen LogP contribution in [0.2, 0.25) is 0 Å². The first-order valence-corrected chi connectivity index (χ1v) is 7.19. The molecule has 1 unspecified atom stereocenters. The molecule has 5 heteroatoms. The number of amides is 2. The Hall–Kier alpha value is -1.07. The first-order chi connectivity index (χ1) is 8.63. The summed E-state index contributed by atoms with van der Waals surface area (Å²) in [5.41, 5.74) is -0.0334. The zero-order chi connectivity index (χ0) is 13.0. The van der Waals surface area contributed by atoms with E-state index in [9.17, 15) is 4.79 Å². The number of carbonyl (C=O) groups is 1. The molecule has 0 spiro atoms. The van der Waals surface area contributed by atoms with Crippen molar-refractivity contribution in [2.24, 2.45) is 5.41 Å². The van der Waals surface area contributed by atoms with Gasteiger partial charge in [0.15, 0.2) is 0 Å². The van der Waals surface area contributed by atoms with Crippen LogP contribution in [-0.4, -0.2) is 30.3 Å². The number of aliphatic hydroxyl groups is 1. The maximum Gasteiger partial charge on any atom is 0.315 e. The average Bonchev–Trinajstić information content (AvgIpc) is 2.96. The van der Waals surface area contributed by atoms with E-state index in [2.05, 4.69) is 16.7 Å². The summed E-state index contributed by atoms with van der Waals surface area (Å²) in [5.74, 6) is 0. The van der Waals surface area contributed by atoms with Crippen molar-refractivity contribution < 1.29 is 9.90 Å². The molecule has 0 saturated heterocycles. The molecule has 1 saturated carbocycles. The average molecular weight is 268 g/mol. The molecule has 100 valence electrons. The largest absolute Gasteiger partial charge is 0.396 e. The van der Waals surface area contributed by atoms with Crippen LogP contribution in [0.3, 0.4) is 0 Å². The fraction of sp³-hybridized carbons (Fsp3) is 0.615. The van der Waals surface area contributed by atoms with Gasteiger partial charge in [-0.05, 0) is 31.2 Å². The van der Waals surface area contributed by atoms with E-state index in [1.165, 1.54) is 4.88 Å². The SMILES string of the molecule is CC(Cc1cccs1)NC(=O)NCC1(CO)CC1. The molecule has 1 aliphatic rings. The predicted octanol–water partition coefficient (Wildman–Crippen LogP) is 1.75. The van der Waals surface area contributed by atoms with Crippen LogP contribution in [0.1, 0.15) is 24.6 Å². The number of hydrogen-bond acceptors (Lipinski definition) is 3. The maximum absolute atomic E-state index is 11.7. The molecule has 1 atom stereocenters. The van der Waals surface area contributed by atoms with Crippen molar-refractivity contribution in [1.82, 2.24) is 10.6 Å². The Bertz CT molecular complexity index is 388. The van der Waals surface area contributed by atoms with Crippen LogP contribution in [0.4, 0.5) is 4.79 Å². The summed E-state index contributed by atoms with van der Waals surface area (Å²) in [7, 11) is 0. The van der Waals surface area contributed by atoms with E-state index in [1.807, 2.05) is 18.4 Å². The quantitative estimate of drug-likeness (QED) is 0.736. The molecule has 1 aromatic heterocycles. The molecule has 1 fully saturated rings. The van der Waals surface area contributed by atoms with E-state index in [4.69, 9.17) is 5.11 Å². The minimum atomic E-state index is -0.140. The monoisotopic (exact) mass is 268 g/mol. The lowest BCUT2D eigenvalue weighted by Gasteiger charge is -2.16. The summed E-state index contributed by atoms with van der Waals surface area (Å²) in [6.07, 6.45) is 2.87. The third kappa shape index (κ3) is 3.71. The third-order valence-electron chi connectivity index (χ3n) is 3.38. The maximum atomic E-state index is 11.7. The van der Waals surface area contributed by atoms with Crippen LogP contribution < -0.4 is 10.6 Å². The Morgan fingerprint density at radius 3 is 2.94 bits per heavy atom. The summed E-state index contributed by atoms with van der Waals surface area (Å²) in [5, 5.41) is 17.0. The molecule has 0 bridgehead atoms. The number of hydrogen-bond donors (Lipinski definition) is 3. The van der Waals surface area contributed by atoms with Gasteiger partial charge in [-0.25, -0.2) is 4.79 Å². The zero-order valence-corrected chi connectivity index (χ0v) is 11.4. The summed E-state index contributed by atoms with van der Waals surface area (Å²) in [4.78, 5) is 12.9. The van der Waals surface area contributed by atoms with Crippen molar-refractivity contribution in [1.29, 1.82) is 0 Å². The van der Waals surface area contributed by atoms with Gasteiger partial charge in [0, 0.05) is 29.3 Å². The Labute approximate surface area is 111 Å². The van der Waals surface area contributed by atoms with Gasteiger partial charge in [-0.2, -0.15) is 0 Å². The van der Waals surface area contributed by atoms with Gasteiger partial charge in [0.25, 0.3) is 0 Å². The molecule has 2 rings (SSSR count). The molecule has 0 aromatic carbocycles. The predicted molar refractivity (Wildman–Crippen MR) is 72.8 cm³/mol. The van der Waals surface area contributed by atoms with Crippen molar-refractivity contribution in [2.75, 3.05) is 13.2 Å². The minimum absolute atomic E-state index is 0.0334. The highest BCUT2D eigenvalue weighted by Gasteiger charge is 2.42. The normalized spacial score (nSPS) is 18.1. The smallest absolute Gasteiger partial charge is 0.315 e. The fourth-order valence-electron chi connectivity index (χ4n) is 1.89. The number of nitrogens with one attached hydrogen (secondary N) is 2. The fourth-order valence-corrected chi connectivity index (χ4v) is 2.73. The number of aliphatic hydroxyl groups excluding tert-OH is 1. The Balaban J connectivity index is 1.67. The van der Waals surface area contributed by atoms with Gasteiger partial charge in [-0.1, -0.05) is 6.07 Å².